The van der Waals surface area contributed by atoms with Gasteiger partial charge in [-0.1, -0.05) is 0 Å². The maximum absolute atomic E-state index is 12.1. The lowest BCUT2D eigenvalue weighted by Gasteiger charge is -2.18. The number of aliphatic hydroxyl groups excluding tert-OH is 1. The maximum Gasteiger partial charge on any atom is 0.330 e. The molecule has 3 rings (SSSR count). The second-order valence-electron chi connectivity index (χ2n) is 6.85. The summed E-state index contributed by atoms with van der Waals surface area (Å²) in [7, 11) is 1.60. The van der Waals surface area contributed by atoms with E-state index in [9.17, 15) is 14.7 Å². The lowest BCUT2D eigenvalue weighted by molar-refractivity contribution is -0.0322. The van der Waals surface area contributed by atoms with Crippen molar-refractivity contribution >= 4 is 23.0 Å². The van der Waals surface area contributed by atoms with E-state index in [1.165, 1.54) is 10.8 Å². The normalized spacial score (nSPS) is 21.0. The monoisotopic (exact) mass is 420 g/mol. The average Bonchev–Trinajstić information content (AvgIpc) is 3.12. The quantitative estimate of drug-likeness (QED) is 0.506. The van der Waals surface area contributed by atoms with Gasteiger partial charge in [-0.2, -0.15) is 0 Å². The Labute approximate surface area is 172 Å². The Kier molecular flexibility index (Phi) is 6.68. The number of nitrogens with zero attached hydrogens (tertiary/aromatic N) is 1. The number of ether oxygens (including phenoxy) is 2. The van der Waals surface area contributed by atoms with E-state index in [-0.39, 0.29) is 12.5 Å². The standard InChI is InChI=1S/C19H24N4O5S/c1-11-9-23(19(26)22-17(11)25)16-7-12(15(10-24)28-16)8-20-18(29)21-13-3-5-14(27-2)6-4-13/h3-6,9,12,15-16,24H,7-8,10H2,1-2H3,(H2,20,21,29)(H,22,25,26)/t12-,15-,16-/m1/s1. The molecule has 10 heteroatoms. The van der Waals surface area contributed by atoms with Crippen LogP contribution in [-0.2, 0) is 4.74 Å². The zero-order chi connectivity index (χ0) is 21.0. The van der Waals surface area contributed by atoms with Gasteiger partial charge in [-0.15, -0.1) is 0 Å². The Balaban J connectivity index is 1.60. The Hall–Kier alpha value is -2.69. The Bertz CT molecular complexity index is 972. The molecule has 0 saturated carbocycles. The smallest absolute Gasteiger partial charge is 0.330 e. The van der Waals surface area contributed by atoms with Crippen molar-refractivity contribution in [3.05, 3.63) is 56.9 Å². The van der Waals surface area contributed by atoms with E-state index in [0.29, 0.717) is 23.6 Å². The van der Waals surface area contributed by atoms with Gasteiger partial charge in [0.2, 0.25) is 0 Å². The minimum Gasteiger partial charge on any atom is -0.497 e. The number of anilines is 1. The highest BCUT2D eigenvalue weighted by molar-refractivity contribution is 7.80. The molecule has 1 aliphatic rings. The summed E-state index contributed by atoms with van der Waals surface area (Å²) in [6, 6.07) is 7.35. The molecule has 0 unspecified atom stereocenters. The highest BCUT2D eigenvalue weighted by Crippen LogP contribution is 2.32. The lowest BCUT2D eigenvalue weighted by Crippen LogP contribution is -2.36. The molecular formula is C19H24N4O5S. The first-order valence-electron chi connectivity index (χ1n) is 9.18. The summed E-state index contributed by atoms with van der Waals surface area (Å²) in [5.74, 6) is 0.682. The van der Waals surface area contributed by atoms with E-state index in [0.717, 1.165) is 11.4 Å². The number of methoxy groups -OCH3 is 1. The molecule has 0 aliphatic carbocycles. The van der Waals surface area contributed by atoms with Crippen LogP contribution in [0.4, 0.5) is 5.69 Å². The summed E-state index contributed by atoms with van der Waals surface area (Å²) < 4.78 is 12.3. The molecule has 1 aliphatic heterocycles. The summed E-state index contributed by atoms with van der Waals surface area (Å²) in [6.45, 7) is 1.90. The third kappa shape index (κ3) is 5.03. The van der Waals surface area contributed by atoms with Crippen LogP contribution in [0.1, 0.15) is 18.2 Å². The summed E-state index contributed by atoms with van der Waals surface area (Å²) in [4.78, 5) is 25.9. The summed E-state index contributed by atoms with van der Waals surface area (Å²) in [6.07, 6.45) is 0.960. The number of aromatic nitrogens is 2. The number of aliphatic hydroxyl groups is 1. The first kappa shape index (κ1) is 21.0. The number of rotatable bonds is 6. The predicted molar refractivity (Wildman–Crippen MR) is 112 cm³/mol. The van der Waals surface area contributed by atoms with Crippen molar-refractivity contribution in [1.29, 1.82) is 0 Å². The van der Waals surface area contributed by atoms with Crippen molar-refractivity contribution in [2.75, 3.05) is 25.6 Å². The molecule has 1 aromatic heterocycles. The molecule has 4 N–H and O–H groups in total. The molecule has 29 heavy (non-hydrogen) atoms. The lowest BCUT2D eigenvalue weighted by atomic mass is 10.0. The molecule has 0 amide bonds. The van der Waals surface area contributed by atoms with E-state index >= 15 is 0 Å². The van der Waals surface area contributed by atoms with Crippen LogP contribution in [0.15, 0.2) is 40.1 Å². The summed E-state index contributed by atoms with van der Waals surface area (Å²) >= 11 is 5.33. The van der Waals surface area contributed by atoms with Crippen molar-refractivity contribution in [3.8, 4) is 5.75 Å². The van der Waals surface area contributed by atoms with Gasteiger partial charge in [0.15, 0.2) is 5.11 Å². The fraction of sp³-hybridized carbons (Fsp3) is 0.421. The largest absolute Gasteiger partial charge is 0.497 e. The average molecular weight is 420 g/mol. The van der Waals surface area contributed by atoms with Gasteiger partial charge in [-0.3, -0.25) is 14.3 Å². The zero-order valence-electron chi connectivity index (χ0n) is 16.2. The number of nitrogens with one attached hydrogen (secondary N) is 3. The van der Waals surface area contributed by atoms with Crippen LogP contribution in [0.2, 0.25) is 0 Å². The van der Waals surface area contributed by atoms with E-state index in [1.54, 1.807) is 14.0 Å². The van der Waals surface area contributed by atoms with E-state index in [2.05, 4.69) is 15.6 Å². The van der Waals surface area contributed by atoms with Gasteiger partial charge in [0, 0.05) is 29.9 Å². The minimum atomic E-state index is -0.565. The van der Waals surface area contributed by atoms with E-state index < -0.39 is 23.6 Å². The second-order valence-corrected chi connectivity index (χ2v) is 7.26. The van der Waals surface area contributed by atoms with Crippen molar-refractivity contribution in [3.63, 3.8) is 0 Å². The molecule has 2 heterocycles. The number of hydrogen-bond acceptors (Lipinski definition) is 6. The first-order valence-corrected chi connectivity index (χ1v) is 9.59. The highest BCUT2D eigenvalue weighted by atomic mass is 32.1. The number of hydrogen-bond donors (Lipinski definition) is 4. The third-order valence-corrected chi connectivity index (χ3v) is 5.12. The molecule has 0 radical (unpaired) electrons. The molecule has 3 atom stereocenters. The second kappa shape index (κ2) is 9.21. The molecule has 156 valence electrons. The van der Waals surface area contributed by atoms with Crippen molar-refractivity contribution in [1.82, 2.24) is 14.9 Å². The summed E-state index contributed by atoms with van der Waals surface area (Å²) in [5.41, 5.74) is 0.279. The van der Waals surface area contributed by atoms with Gasteiger partial charge in [-0.05, 0) is 49.8 Å². The van der Waals surface area contributed by atoms with Crippen molar-refractivity contribution in [2.45, 2.75) is 25.7 Å². The summed E-state index contributed by atoms with van der Waals surface area (Å²) in [5, 5.41) is 16.3. The number of thiocarbonyl (C=S) groups is 1. The van der Waals surface area contributed by atoms with Crippen LogP contribution in [0.25, 0.3) is 0 Å². The number of aromatic amines is 1. The zero-order valence-corrected chi connectivity index (χ0v) is 17.0. The van der Waals surface area contributed by atoms with Gasteiger partial charge >= 0.3 is 5.69 Å². The van der Waals surface area contributed by atoms with Crippen LogP contribution >= 0.6 is 12.2 Å². The predicted octanol–water partition coefficient (Wildman–Crippen LogP) is 0.736. The minimum absolute atomic E-state index is 0.0697. The SMILES string of the molecule is COc1ccc(NC(=S)NC[C@H]2C[C@H](n3cc(C)c(=O)[nH]c3=O)O[C@@H]2CO)cc1. The molecule has 0 bridgehead atoms. The number of benzene rings is 1. The van der Waals surface area contributed by atoms with Gasteiger partial charge in [-0.25, -0.2) is 4.79 Å². The fourth-order valence-electron chi connectivity index (χ4n) is 3.24. The Morgan fingerprint density at radius 1 is 1.38 bits per heavy atom. The topological polar surface area (TPSA) is 118 Å². The molecule has 1 fully saturated rings. The molecule has 2 aromatic rings. The molecule has 1 aromatic carbocycles. The first-order chi connectivity index (χ1) is 13.9. The molecule has 9 nitrogen and oxygen atoms in total. The molecule has 0 spiro atoms. The number of H-pyrrole nitrogens is 1. The van der Waals surface area contributed by atoms with E-state index in [4.69, 9.17) is 21.7 Å². The molecular weight excluding hydrogens is 396 g/mol. The van der Waals surface area contributed by atoms with Gasteiger partial charge < -0.3 is 25.2 Å². The van der Waals surface area contributed by atoms with Crippen LogP contribution in [-0.4, -0.2) is 46.1 Å². The third-order valence-electron chi connectivity index (χ3n) is 4.87. The Morgan fingerprint density at radius 2 is 2.10 bits per heavy atom. The highest BCUT2D eigenvalue weighted by Gasteiger charge is 2.36. The number of aryl methyl sites for hydroxylation is 1. The van der Waals surface area contributed by atoms with Gasteiger partial charge in [0.05, 0.1) is 19.8 Å². The van der Waals surface area contributed by atoms with Crippen LogP contribution in [0, 0.1) is 12.8 Å². The van der Waals surface area contributed by atoms with Crippen LogP contribution in [0.3, 0.4) is 0 Å². The van der Waals surface area contributed by atoms with E-state index in [1.807, 2.05) is 24.3 Å². The molecule has 1 saturated heterocycles. The van der Waals surface area contributed by atoms with Crippen LogP contribution in [0.5, 0.6) is 5.75 Å². The van der Waals surface area contributed by atoms with Crippen molar-refractivity contribution < 1.29 is 14.6 Å². The van der Waals surface area contributed by atoms with Gasteiger partial charge in [0.25, 0.3) is 5.56 Å². The van der Waals surface area contributed by atoms with Crippen LogP contribution < -0.4 is 26.6 Å². The fourth-order valence-corrected chi connectivity index (χ4v) is 3.44. The van der Waals surface area contributed by atoms with Gasteiger partial charge in [0.1, 0.15) is 12.0 Å². The van der Waals surface area contributed by atoms with Crippen molar-refractivity contribution in [2.24, 2.45) is 5.92 Å². The maximum atomic E-state index is 12.1. The Morgan fingerprint density at radius 3 is 2.76 bits per heavy atom.